The summed E-state index contributed by atoms with van der Waals surface area (Å²) in [6, 6.07) is 14.9. The number of rotatable bonds is 5. The van der Waals surface area contributed by atoms with Crippen LogP contribution in [0.3, 0.4) is 0 Å². The Balaban J connectivity index is 1.56. The molecule has 3 aliphatic rings. The van der Waals surface area contributed by atoms with Gasteiger partial charge in [0.05, 0.1) is 0 Å². The molecule has 0 aromatic heterocycles. The molecule has 0 amide bonds. The number of hydrogen-bond donors (Lipinski definition) is 2. The van der Waals surface area contributed by atoms with Crippen molar-refractivity contribution in [2.24, 2.45) is 11.8 Å². The number of hydrogen-bond acceptors (Lipinski definition) is 6. The molecule has 2 saturated carbocycles. The zero-order valence-corrected chi connectivity index (χ0v) is 16.3. The monoisotopic (exact) mass is 395 g/mol. The first-order valence-electron chi connectivity index (χ1n) is 10.2. The summed E-state index contributed by atoms with van der Waals surface area (Å²) in [5.74, 6) is 1.40. The maximum absolute atomic E-state index is 13.7. The van der Waals surface area contributed by atoms with E-state index in [0.29, 0.717) is 40.5 Å². The third-order valence-corrected chi connectivity index (χ3v) is 6.77. The topological polar surface area (TPSA) is 77.0 Å². The van der Waals surface area contributed by atoms with E-state index in [2.05, 4.69) is 5.32 Å². The van der Waals surface area contributed by atoms with Gasteiger partial charge in [-0.25, -0.2) is 4.79 Å². The lowest BCUT2D eigenvalue weighted by Gasteiger charge is -2.38. The Hall–Kier alpha value is -2.41. The van der Waals surface area contributed by atoms with Gasteiger partial charge in [0.25, 0.3) is 0 Å². The summed E-state index contributed by atoms with van der Waals surface area (Å²) in [6.07, 6.45) is 2.93. The van der Waals surface area contributed by atoms with Crippen LogP contribution in [0.2, 0.25) is 0 Å². The number of ether oxygens (including phenoxy) is 3. The van der Waals surface area contributed by atoms with E-state index < -0.39 is 18.4 Å². The summed E-state index contributed by atoms with van der Waals surface area (Å²) in [4.78, 5) is 13.7. The molecule has 6 heteroatoms. The number of benzene rings is 2. The standard InChI is InChI=1S/C23H25NO5/c1-24-21-14-10-11-15(21)20(12-14)29-22(26)23(27-13-25)16-6-2-4-8-18(16)28-19-9-5-3-7-17(19)23/h2-9,14-15,20-21,24-25H,10-13H2,1H3. The van der Waals surface area contributed by atoms with Crippen molar-refractivity contribution in [3.8, 4) is 11.5 Å². The molecule has 2 aromatic rings. The second kappa shape index (κ2) is 7.13. The van der Waals surface area contributed by atoms with Gasteiger partial charge in [-0.3, -0.25) is 0 Å². The highest BCUT2D eigenvalue weighted by Crippen LogP contribution is 2.51. The van der Waals surface area contributed by atoms with Crippen LogP contribution in [0.1, 0.15) is 30.4 Å². The first kappa shape index (κ1) is 18.6. The second-order valence-corrected chi connectivity index (χ2v) is 8.04. The van der Waals surface area contributed by atoms with E-state index in [1.807, 2.05) is 31.3 Å². The van der Waals surface area contributed by atoms with Gasteiger partial charge in [0.2, 0.25) is 5.60 Å². The highest BCUT2D eigenvalue weighted by Gasteiger charge is 2.55. The van der Waals surface area contributed by atoms with E-state index >= 15 is 0 Å². The molecule has 2 fully saturated rings. The lowest BCUT2D eigenvalue weighted by Crippen LogP contribution is -2.46. The molecular weight excluding hydrogens is 370 g/mol. The van der Waals surface area contributed by atoms with E-state index in [1.54, 1.807) is 24.3 Å². The highest BCUT2D eigenvalue weighted by molar-refractivity contribution is 5.89. The molecule has 0 spiro atoms. The average Bonchev–Trinajstić information content (AvgIpc) is 3.30. The van der Waals surface area contributed by atoms with Crippen LogP contribution in [-0.2, 0) is 19.9 Å². The Morgan fingerprint density at radius 3 is 2.38 bits per heavy atom. The van der Waals surface area contributed by atoms with Gasteiger partial charge in [-0.2, -0.15) is 0 Å². The Morgan fingerprint density at radius 2 is 1.79 bits per heavy atom. The number of aliphatic hydroxyl groups is 1. The maximum atomic E-state index is 13.7. The van der Waals surface area contributed by atoms with Crippen LogP contribution in [0.5, 0.6) is 11.5 Å². The largest absolute Gasteiger partial charge is 0.459 e. The van der Waals surface area contributed by atoms with E-state index in [1.165, 1.54) is 6.42 Å². The van der Waals surface area contributed by atoms with Gasteiger partial charge in [0, 0.05) is 23.1 Å². The summed E-state index contributed by atoms with van der Waals surface area (Å²) in [6.45, 7) is -0.617. The highest BCUT2D eigenvalue weighted by atomic mass is 16.6. The lowest BCUT2D eigenvalue weighted by atomic mass is 9.83. The van der Waals surface area contributed by atoms with Crippen molar-refractivity contribution in [2.45, 2.75) is 37.0 Å². The second-order valence-electron chi connectivity index (χ2n) is 8.04. The molecule has 6 nitrogen and oxygen atoms in total. The van der Waals surface area contributed by atoms with Crippen LogP contribution in [0.15, 0.2) is 48.5 Å². The summed E-state index contributed by atoms with van der Waals surface area (Å²) >= 11 is 0. The van der Waals surface area contributed by atoms with Crippen molar-refractivity contribution in [1.29, 1.82) is 0 Å². The predicted molar refractivity (Wildman–Crippen MR) is 105 cm³/mol. The maximum Gasteiger partial charge on any atom is 0.348 e. The molecule has 29 heavy (non-hydrogen) atoms. The molecule has 4 atom stereocenters. The fourth-order valence-corrected chi connectivity index (χ4v) is 5.56. The normalized spacial score (nSPS) is 28.3. The van der Waals surface area contributed by atoms with E-state index in [4.69, 9.17) is 14.2 Å². The number of carbonyl (C=O) groups is 1. The Kier molecular flexibility index (Phi) is 4.57. The van der Waals surface area contributed by atoms with Gasteiger partial charge >= 0.3 is 5.97 Å². The molecule has 2 bridgehead atoms. The van der Waals surface area contributed by atoms with E-state index in [-0.39, 0.29) is 6.10 Å². The van der Waals surface area contributed by atoms with Crippen molar-refractivity contribution < 1.29 is 24.1 Å². The van der Waals surface area contributed by atoms with Gasteiger partial charge < -0.3 is 24.6 Å². The van der Waals surface area contributed by atoms with Crippen molar-refractivity contribution in [3.63, 3.8) is 0 Å². The number of carbonyl (C=O) groups excluding carboxylic acids is 1. The predicted octanol–water partition coefficient (Wildman–Crippen LogP) is 2.93. The SMILES string of the molecule is CNC1C2CCC1C(OC(=O)C1(OCO)c3ccccc3Oc3ccccc31)C2. The summed E-state index contributed by atoms with van der Waals surface area (Å²) in [5, 5.41) is 13.1. The molecule has 0 radical (unpaired) electrons. The molecule has 0 saturated heterocycles. The zero-order chi connectivity index (χ0) is 20.0. The number of esters is 1. The molecule has 2 aromatic carbocycles. The quantitative estimate of drug-likeness (QED) is 0.599. The fourth-order valence-electron chi connectivity index (χ4n) is 5.56. The molecular formula is C23H25NO5. The number of fused-ring (bicyclic) bond motifs is 4. The molecule has 2 aliphatic carbocycles. The molecule has 1 aliphatic heterocycles. The van der Waals surface area contributed by atoms with Crippen molar-refractivity contribution >= 4 is 5.97 Å². The van der Waals surface area contributed by atoms with Gasteiger partial charge in [0.1, 0.15) is 24.4 Å². The van der Waals surface area contributed by atoms with E-state index in [0.717, 1.165) is 12.8 Å². The summed E-state index contributed by atoms with van der Waals surface area (Å²) in [5.41, 5.74) is -0.464. The van der Waals surface area contributed by atoms with Crippen LogP contribution < -0.4 is 10.1 Å². The number of aliphatic hydroxyl groups excluding tert-OH is 1. The fraction of sp³-hybridized carbons (Fsp3) is 0.435. The number of nitrogens with one attached hydrogen (secondary N) is 1. The molecule has 2 N–H and O–H groups in total. The lowest BCUT2D eigenvalue weighted by molar-refractivity contribution is -0.187. The van der Waals surface area contributed by atoms with Crippen molar-refractivity contribution in [1.82, 2.24) is 5.32 Å². The average molecular weight is 395 g/mol. The smallest absolute Gasteiger partial charge is 0.348 e. The third kappa shape index (κ3) is 2.70. The molecule has 152 valence electrons. The van der Waals surface area contributed by atoms with Crippen molar-refractivity contribution in [2.75, 3.05) is 13.8 Å². The zero-order valence-electron chi connectivity index (χ0n) is 16.3. The summed E-state index contributed by atoms with van der Waals surface area (Å²) < 4.78 is 17.9. The van der Waals surface area contributed by atoms with Crippen LogP contribution in [0, 0.1) is 11.8 Å². The van der Waals surface area contributed by atoms with Crippen LogP contribution in [0.25, 0.3) is 0 Å². The van der Waals surface area contributed by atoms with Gasteiger partial charge in [0.15, 0.2) is 0 Å². The third-order valence-electron chi connectivity index (χ3n) is 6.77. The first-order valence-corrected chi connectivity index (χ1v) is 10.2. The van der Waals surface area contributed by atoms with Crippen molar-refractivity contribution in [3.05, 3.63) is 59.7 Å². The van der Waals surface area contributed by atoms with Gasteiger partial charge in [-0.15, -0.1) is 0 Å². The minimum absolute atomic E-state index is 0.153. The molecule has 4 unspecified atom stereocenters. The van der Waals surface area contributed by atoms with Gasteiger partial charge in [-0.1, -0.05) is 36.4 Å². The Morgan fingerprint density at radius 1 is 1.14 bits per heavy atom. The minimum Gasteiger partial charge on any atom is -0.459 e. The van der Waals surface area contributed by atoms with Crippen LogP contribution in [-0.4, -0.2) is 37.1 Å². The minimum atomic E-state index is -1.56. The van der Waals surface area contributed by atoms with Crippen LogP contribution in [0.4, 0.5) is 0 Å². The summed E-state index contributed by atoms with van der Waals surface area (Å²) in [7, 11) is 1.97. The Bertz CT molecular complexity index is 883. The first-order chi connectivity index (χ1) is 14.2. The number of para-hydroxylation sites is 2. The molecule has 5 rings (SSSR count). The van der Waals surface area contributed by atoms with Crippen LogP contribution >= 0.6 is 0 Å². The van der Waals surface area contributed by atoms with Gasteiger partial charge in [-0.05, 0) is 44.4 Å². The Labute approximate surface area is 169 Å². The molecule has 1 heterocycles. The van der Waals surface area contributed by atoms with E-state index in [9.17, 15) is 9.90 Å².